The van der Waals surface area contributed by atoms with E-state index in [0.29, 0.717) is 0 Å². The maximum atomic E-state index is 7.40. The predicted octanol–water partition coefficient (Wildman–Crippen LogP) is 0.839. The van der Waals surface area contributed by atoms with Gasteiger partial charge in [-0.3, -0.25) is 16.1 Å². The normalized spacial score (nSPS) is 9.00. The fourth-order valence-corrected chi connectivity index (χ4v) is 1.31. The van der Waals surface area contributed by atoms with Gasteiger partial charge in [0, 0.05) is 7.05 Å². The average molecular weight is 197 g/mol. The van der Waals surface area contributed by atoms with E-state index in [1.54, 1.807) is 7.05 Å². The lowest BCUT2D eigenvalue weighted by molar-refractivity contribution is 1.05. The number of hydrogen-bond donors (Lipinski definition) is 5. The summed E-state index contributed by atoms with van der Waals surface area (Å²) in [6.45, 7) is 0. The van der Waals surface area contributed by atoms with Gasteiger partial charge in [-0.1, -0.05) is 0 Å². The minimum absolute atomic E-state index is 0.0850. The Hall–Kier alpha value is -1.56. The first-order valence-electron chi connectivity index (χ1n) is 3.65. The molecule has 0 radical (unpaired) electrons. The number of guanidine groups is 2. The van der Waals surface area contributed by atoms with Gasteiger partial charge < -0.3 is 10.6 Å². The molecule has 0 atom stereocenters. The summed E-state index contributed by atoms with van der Waals surface area (Å²) >= 11 is 1.50. The second-order valence-corrected chi connectivity index (χ2v) is 3.17. The Balaban J connectivity index is 2.38. The third-order valence-corrected chi connectivity index (χ3v) is 2.05. The SMILES string of the molecule is CNC(=N)NC(=N)Nc1cccs1. The molecule has 0 aliphatic heterocycles. The Kier molecular flexibility index (Phi) is 3.27. The van der Waals surface area contributed by atoms with E-state index in [-0.39, 0.29) is 11.9 Å². The topological polar surface area (TPSA) is 83.8 Å². The monoisotopic (exact) mass is 197 g/mol. The van der Waals surface area contributed by atoms with Crippen LogP contribution in [0.1, 0.15) is 0 Å². The summed E-state index contributed by atoms with van der Waals surface area (Å²) in [6, 6.07) is 3.76. The van der Waals surface area contributed by atoms with Crippen LogP contribution in [0.4, 0.5) is 5.00 Å². The predicted molar refractivity (Wildman–Crippen MR) is 55.6 cm³/mol. The molecule has 5 N–H and O–H groups in total. The van der Waals surface area contributed by atoms with Gasteiger partial charge in [0.15, 0.2) is 11.9 Å². The van der Waals surface area contributed by atoms with Crippen molar-refractivity contribution in [3.63, 3.8) is 0 Å². The molecule has 0 aliphatic carbocycles. The van der Waals surface area contributed by atoms with Crippen LogP contribution in [0.25, 0.3) is 0 Å². The van der Waals surface area contributed by atoms with E-state index in [0.717, 1.165) is 5.00 Å². The van der Waals surface area contributed by atoms with E-state index in [9.17, 15) is 0 Å². The lowest BCUT2D eigenvalue weighted by atomic mass is 10.6. The first-order valence-corrected chi connectivity index (χ1v) is 4.52. The van der Waals surface area contributed by atoms with Gasteiger partial charge in [0.2, 0.25) is 0 Å². The molecule has 0 aliphatic rings. The number of anilines is 1. The summed E-state index contributed by atoms with van der Waals surface area (Å²) in [5.41, 5.74) is 0. The standard InChI is InChI=1S/C7H11N5S/c1-10-6(8)12-7(9)11-5-3-2-4-13-5/h2-4H,1H3,(H5,8,9,10,11,12). The molecule has 0 aromatic carbocycles. The largest absolute Gasteiger partial charge is 0.359 e. The minimum Gasteiger partial charge on any atom is -0.359 e. The molecule has 0 amide bonds. The van der Waals surface area contributed by atoms with E-state index in [1.807, 2.05) is 17.5 Å². The van der Waals surface area contributed by atoms with Crippen LogP contribution in [-0.2, 0) is 0 Å². The smallest absolute Gasteiger partial charge is 0.200 e. The zero-order valence-electron chi connectivity index (χ0n) is 7.14. The Bertz CT molecular complexity index is 292. The maximum Gasteiger partial charge on any atom is 0.200 e. The lowest BCUT2D eigenvalue weighted by Gasteiger charge is -2.08. The fraction of sp³-hybridized carbons (Fsp3) is 0.143. The Morgan fingerprint density at radius 2 is 2.15 bits per heavy atom. The molecule has 1 aromatic rings. The molecule has 13 heavy (non-hydrogen) atoms. The molecule has 0 saturated carbocycles. The van der Waals surface area contributed by atoms with Crippen molar-refractivity contribution < 1.29 is 0 Å². The molecular weight excluding hydrogens is 186 g/mol. The molecule has 0 spiro atoms. The Morgan fingerprint density at radius 1 is 1.38 bits per heavy atom. The van der Waals surface area contributed by atoms with E-state index < -0.39 is 0 Å². The summed E-state index contributed by atoms with van der Waals surface area (Å²) in [6.07, 6.45) is 0. The number of nitrogens with one attached hydrogen (secondary N) is 5. The van der Waals surface area contributed by atoms with E-state index in [2.05, 4.69) is 16.0 Å². The van der Waals surface area contributed by atoms with Crippen LogP contribution < -0.4 is 16.0 Å². The lowest BCUT2D eigenvalue weighted by Crippen LogP contribution is -2.40. The second-order valence-electron chi connectivity index (χ2n) is 2.23. The first kappa shape index (κ1) is 9.53. The van der Waals surface area contributed by atoms with Gasteiger partial charge in [0.05, 0.1) is 5.00 Å². The molecule has 0 saturated heterocycles. The second kappa shape index (κ2) is 4.46. The number of thiophene rings is 1. The Labute approximate surface area is 80.2 Å². The number of rotatable bonds is 1. The van der Waals surface area contributed by atoms with Crippen molar-refractivity contribution in [1.29, 1.82) is 10.8 Å². The summed E-state index contributed by atoms with van der Waals surface area (Å²) in [5.74, 6) is 0.177. The van der Waals surface area contributed by atoms with Crippen molar-refractivity contribution >= 4 is 28.3 Å². The minimum atomic E-state index is 0.0850. The van der Waals surface area contributed by atoms with Crippen molar-refractivity contribution in [2.24, 2.45) is 0 Å². The van der Waals surface area contributed by atoms with Crippen LogP contribution in [-0.4, -0.2) is 19.0 Å². The summed E-state index contributed by atoms with van der Waals surface area (Å²) in [5, 5.41) is 25.3. The molecule has 0 fully saturated rings. The molecule has 1 aromatic heterocycles. The average Bonchev–Trinajstić information content (AvgIpc) is 2.56. The van der Waals surface area contributed by atoms with E-state index in [4.69, 9.17) is 10.8 Å². The highest BCUT2D eigenvalue weighted by molar-refractivity contribution is 7.14. The van der Waals surface area contributed by atoms with Crippen LogP contribution in [0.15, 0.2) is 17.5 Å². The van der Waals surface area contributed by atoms with Gasteiger partial charge in [0.1, 0.15) is 0 Å². The molecule has 1 heterocycles. The fourth-order valence-electron chi connectivity index (χ4n) is 0.692. The van der Waals surface area contributed by atoms with Crippen LogP contribution in [0.3, 0.4) is 0 Å². The molecule has 5 nitrogen and oxygen atoms in total. The number of hydrogen-bond acceptors (Lipinski definition) is 3. The summed E-state index contributed by atoms with van der Waals surface area (Å²) < 4.78 is 0. The summed E-state index contributed by atoms with van der Waals surface area (Å²) in [4.78, 5) is 0. The zero-order valence-corrected chi connectivity index (χ0v) is 7.96. The molecule has 0 unspecified atom stereocenters. The van der Waals surface area contributed by atoms with Crippen molar-refractivity contribution in [3.8, 4) is 0 Å². The van der Waals surface area contributed by atoms with Crippen molar-refractivity contribution in [2.75, 3.05) is 12.4 Å². The third-order valence-electron chi connectivity index (χ3n) is 1.27. The van der Waals surface area contributed by atoms with Crippen molar-refractivity contribution in [1.82, 2.24) is 10.6 Å². The van der Waals surface area contributed by atoms with Crippen LogP contribution >= 0.6 is 11.3 Å². The van der Waals surface area contributed by atoms with Gasteiger partial charge in [-0.2, -0.15) is 0 Å². The summed E-state index contributed by atoms with van der Waals surface area (Å²) in [7, 11) is 1.62. The molecule has 0 bridgehead atoms. The third kappa shape index (κ3) is 3.12. The van der Waals surface area contributed by atoms with Crippen LogP contribution in [0.5, 0.6) is 0 Å². The van der Waals surface area contributed by atoms with Crippen LogP contribution in [0.2, 0.25) is 0 Å². The molecule has 70 valence electrons. The quantitative estimate of drug-likeness (QED) is 0.342. The van der Waals surface area contributed by atoms with E-state index in [1.165, 1.54) is 11.3 Å². The maximum absolute atomic E-state index is 7.40. The van der Waals surface area contributed by atoms with Crippen molar-refractivity contribution in [3.05, 3.63) is 17.5 Å². The molecule has 1 rings (SSSR count). The van der Waals surface area contributed by atoms with Gasteiger partial charge >= 0.3 is 0 Å². The van der Waals surface area contributed by atoms with Gasteiger partial charge in [-0.05, 0) is 17.5 Å². The van der Waals surface area contributed by atoms with Crippen molar-refractivity contribution in [2.45, 2.75) is 0 Å². The van der Waals surface area contributed by atoms with Gasteiger partial charge in [-0.25, -0.2) is 0 Å². The van der Waals surface area contributed by atoms with Crippen LogP contribution in [0, 0.1) is 10.8 Å². The highest BCUT2D eigenvalue weighted by Crippen LogP contribution is 2.13. The molecular formula is C7H11N5S. The van der Waals surface area contributed by atoms with Gasteiger partial charge in [0.25, 0.3) is 0 Å². The Morgan fingerprint density at radius 3 is 2.69 bits per heavy atom. The molecule has 6 heteroatoms. The zero-order chi connectivity index (χ0) is 9.68. The van der Waals surface area contributed by atoms with E-state index >= 15 is 0 Å². The van der Waals surface area contributed by atoms with Gasteiger partial charge in [-0.15, -0.1) is 11.3 Å². The first-order chi connectivity index (χ1) is 6.22. The highest BCUT2D eigenvalue weighted by Gasteiger charge is 1.98. The highest BCUT2D eigenvalue weighted by atomic mass is 32.1.